The second kappa shape index (κ2) is 9.80. The fourth-order valence-electron chi connectivity index (χ4n) is 3.46. The summed E-state index contributed by atoms with van der Waals surface area (Å²) in [5, 5.41) is 8.90. The van der Waals surface area contributed by atoms with E-state index in [1.807, 2.05) is 57.2 Å². The molecule has 1 amide bonds. The topological polar surface area (TPSA) is 78.3 Å². The van der Waals surface area contributed by atoms with Gasteiger partial charge in [0.1, 0.15) is 17.3 Å². The number of ether oxygens (including phenoxy) is 2. The number of hydrogen-bond donors (Lipinski definition) is 1. The van der Waals surface area contributed by atoms with Crippen LogP contribution in [0.1, 0.15) is 29.7 Å². The number of carbonyl (C=O) groups is 1. The van der Waals surface area contributed by atoms with Gasteiger partial charge in [-0.05, 0) is 68.7 Å². The van der Waals surface area contributed by atoms with Crippen molar-refractivity contribution in [3.8, 4) is 16.6 Å². The van der Waals surface area contributed by atoms with Crippen molar-refractivity contribution >= 4 is 44.9 Å². The molecule has 4 rings (SSSR count). The first-order chi connectivity index (χ1) is 15.8. The molecule has 0 spiro atoms. The van der Waals surface area contributed by atoms with Crippen LogP contribution in [-0.2, 0) is 4.79 Å². The van der Waals surface area contributed by atoms with Crippen molar-refractivity contribution in [1.29, 1.82) is 0 Å². The molecule has 0 fully saturated rings. The highest BCUT2D eigenvalue weighted by atomic mass is 35.5. The Kier molecular flexibility index (Phi) is 6.85. The first kappa shape index (κ1) is 23.1. The molecule has 2 aromatic heterocycles. The van der Waals surface area contributed by atoms with Crippen LogP contribution in [-0.4, -0.2) is 34.4 Å². The Morgan fingerprint density at radius 2 is 1.88 bits per heavy atom. The summed E-state index contributed by atoms with van der Waals surface area (Å²) < 4.78 is 13.7. The van der Waals surface area contributed by atoms with Crippen LogP contribution in [0.15, 0.2) is 36.4 Å². The van der Waals surface area contributed by atoms with Crippen LogP contribution in [0.25, 0.3) is 15.3 Å². The molecular weight excluding hydrogens is 460 g/mol. The molecule has 2 heterocycles. The van der Waals surface area contributed by atoms with Crippen LogP contribution in [0, 0.1) is 20.8 Å². The maximum absolute atomic E-state index is 12.6. The van der Waals surface area contributed by atoms with Crippen LogP contribution >= 0.6 is 22.9 Å². The van der Waals surface area contributed by atoms with Gasteiger partial charge in [-0.15, -0.1) is 0 Å². The van der Waals surface area contributed by atoms with Gasteiger partial charge in [-0.1, -0.05) is 22.9 Å². The molecular formula is C24H25ClN4O3S. The van der Waals surface area contributed by atoms with E-state index in [1.165, 1.54) is 11.3 Å². The average molecular weight is 485 g/mol. The standard InChI is InChI=1S/C24H25ClN4O3S/c1-14-10-18(11-15(2)23(14)25)32-9-5-6-22(30)27-21-12-16(3)28-29(21)24-26-19-8-7-17(31-4)13-20(19)33-24/h7-8,10-13H,5-6,9H2,1-4H3,(H,27,30). The van der Waals surface area contributed by atoms with E-state index in [2.05, 4.69) is 15.4 Å². The number of benzene rings is 2. The minimum Gasteiger partial charge on any atom is -0.497 e. The molecule has 7 nitrogen and oxygen atoms in total. The number of aromatic nitrogens is 3. The van der Waals surface area contributed by atoms with Gasteiger partial charge in [0.05, 0.1) is 29.6 Å². The lowest BCUT2D eigenvalue weighted by molar-refractivity contribution is -0.116. The zero-order valence-electron chi connectivity index (χ0n) is 18.9. The molecule has 0 aliphatic rings. The maximum atomic E-state index is 12.6. The van der Waals surface area contributed by atoms with E-state index in [9.17, 15) is 4.79 Å². The molecule has 0 saturated carbocycles. The Balaban J connectivity index is 1.38. The van der Waals surface area contributed by atoms with Gasteiger partial charge in [0.2, 0.25) is 11.0 Å². The lowest BCUT2D eigenvalue weighted by Gasteiger charge is -2.10. The Hall–Kier alpha value is -3.10. The van der Waals surface area contributed by atoms with Crippen molar-refractivity contribution in [1.82, 2.24) is 14.8 Å². The average Bonchev–Trinajstić information content (AvgIpc) is 3.37. The number of carbonyl (C=O) groups excluding carboxylic acids is 1. The van der Waals surface area contributed by atoms with Crippen molar-refractivity contribution < 1.29 is 14.3 Å². The molecule has 0 unspecified atom stereocenters. The number of nitrogens with one attached hydrogen (secondary N) is 1. The summed E-state index contributed by atoms with van der Waals surface area (Å²) in [5.74, 6) is 2.02. The summed E-state index contributed by atoms with van der Waals surface area (Å²) in [5.41, 5.74) is 3.59. The number of amides is 1. The molecule has 0 aliphatic heterocycles. The van der Waals surface area contributed by atoms with Gasteiger partial charge in [0, 0.05) is 17.5 Å². The summed E-state index contributed by atoms with van der Waals surface area (Å²) in [6.45, 7) is 6.21. The molecule has 33 heavy (non-hydrogen) atoms. The minimum absolute atomic E-state index is 0.106. The largest absolute Gasteiger partial charge is 0.497 e. The van der Waals surface area contributed by atoms with E-state index in [1.54, 1.807) is 11.8 Å². The third-order valence-electron chi connectivity index (χ3n) is 5.09. The highest BCUT2D eigenvalue weighted by molar-refractivity contribution is 7.20. The van der Waals surface area contributed by atoms with Gasteiger partial charge in [0.25, 0.3) is 0 Å². The monoisotopic (exact) mass is 484 g/mol. The predicted octanol–water partition coefficient (Wildman–Crippen LogP) is 5.87. The van der Waals surface area contributed by atoms with Gasteiger partial charge < -0.3 is 14.8 Å². The maximum Gasteiger partial charge on any atom is 0.225 e. The summed E-state index contributed by atoms with van der Waals surface area (Å²) in [4.78, 5) is 17.2. The summed E-state index contributed by atoms with van der Waals surface area (Å²) >= 11 is 7.69. The van der Waals surface area contributed by atoms with E-state index < -0.39 is 0 Å². The molecule has 0 atom stereocenters. The van der Waals surface area contributed by atoms with Crippen LogP contribution in [0.3, 0.4) is 0 Å². The minimum atomic E-state index is -0.106. The number of rotatable bonds is 8. The molecule has 0 saturated heterocycles. The molecule has 4 aromatic rings. The molecule has 1 N–H and O–H groups in total. The number of aryl methyl sites for hydroxylation is 3. The summed E-state index contributed by atoms with van der Waals surface area (Å²) in [6.07, 6.45) is 0.910. The van der Waals surface area contributed by atoms with Gasteiger partial charge in [-0.25, -0.2) is 4.98 Å². The highest BCUT2D eigenvalue weighted by Crippen LogP contribution is 2.30. The summed E-state index contributed by atoms with van der Waals surface area (Å²) in [7, 11) is 1.64. The molecule has 172 valence electrons. The van der Waals surface area contributed by atoms with Gasteiger partial charge in [0.15, 0.2) is 0 Å². The van der Waals surface area contributed by atoms with Crippen molar-refractivity contribution in [3.05, 3.63) is 58.2 Å². The normalized spacial score (nSPS) is 11.1. The first-order valence-corrected chi connectivity index (χ1v) is 11.7. The Morgan fingerprint density at radius 3 is 2.61 bits per heavy atom. The quantitative estimate of drug-likeness (QED) is 0.316. The van der Waals surface area contributed by atoms with Gasteiger partial charge in [-0.3, -0.25) is 4.79 Å². The van der Waals surface area contributed by atoms with Crippen molar-refractivity contribution in [2.24, 2.45) is 0 Å². The Morgan fingerprint density at radius 1 is 1.12 bits per heavy atom. The number of anilines is 1. The number of fused-ring (bicyclic) bond motifs is 1. The Labute approximate surface area is 201 Å². The van der Waals surface area contributed by atoms with Crippen LogP contribution in [0.4, 0.5) is 5.82 Å². The number of nitrogens with zero attached hydrogens (tertiary/aromatic N) is 3. The highest BCUT2D eigenvalue weighted by Gasteiger charge is 2.15. The van der Waals surface area contributed by atoms with E-state index in [-0.39, 0.29) is 5.91 Å². The third kappa shape index (κ3) is 5.29. The summed E-state index contributed by atoms with van der Waals surface area (Å²) in [6, 6.07) is 11.4. The molecule has 0 aliphatic carbocycles. The third-order valence-corrected chi connectivity index (χ3v) is 6.68. The predicted molar refractivity (Wildman–Crippen MR) is 132 cm³/mol. The van der Waals surface area contributed by atoms with Gasteiger partial charge >= 0.3 is 0 Å². The van der Waals surface area contributed by atoms with Crippen molar-refractivity contribution in [2.45, 2.75) is 33.6 Å². The SMILES string of the molecule is COc1ccc2nc(-n3nc(C)cc3NC(=O)CCCOc3cc(C)c(Cl)c(C)c3)sc2c1. The smallest absolute Gasteiger partial charge is 0.225 e. The zero-order chi connectivity index (χ0) is 23.5. The van der Waals surface area contributed by atoms with Crippen molar-refractivity contribution in [2.75, 3.05) is 19.0 Å². The number of thiazole rings is 1. The van der Waals surface area contributed by atoms with Crippen LogP contribution in [0.5, 0.6) is 11.5 Å². The number of hydrogen-bond acceptors (Lipinski definition) is 6. The van der Waals surface area contributed by atoms with E-state index >= 15 is 0 Å². The van der Waals surface area contributed by atoms with E-state index in [0.29, 0.717) is 30.4 Å². The second-order valence-electron chi connectivity index (χ2n) is 7.78. The zero-order valence-corrected chi connectivity index (χ0v) is 20.5. The van der Waals surface area contributed by atoms with Crippen molar-refractivity contribution in [3.63, 3.8) is 0 Å². The van der Waals surface area contributed by atoms with E-state index in [4.69, 9.17) is 21.1 Å². The first-order valence-electron chi connectivity index (χ1n) is 10.5. The van der Waals surface area contributed by atoms with Gasteiger partial charge in [-0.2, -0.15) is 9.78 Å². The Bertz CT molecular complexity index is 1290. The van der Waals surface area contributed by atoms with E-state index in [0.717, 1.165) is 43.6 Å². The van der Waals surface area contributed by atoms with Crippen LogP contribution < -0.4 is 14.8 Å². The number of halogens is 1. The molecule has 0 bridgehead atoms. The van der Waals surface area contributed by atoms with Crippen LogP contribution in [0.2, 0.25) is 5.02 Å². The second-order valence-corrected chi connectivity index (χ2v) is 9.17. The fraction of sp³-hybridized carbons (Fsp3) is 0.292. The fourth-order valence-corrected chi connectivity index (χ4v) is 4.53. The molecule has 9 heteroatoms. The molecule has 0 radical (unpaired) electrons. The lowest BCUT2D eigenvalue weighted by Crippen LogP contribution is -2.15. The number of methoxy groups -OCH3 is 1. The molecule has 2 aromatic carbocycles. The lowest BCUT2D eigenvalue weighted by atomic mass is 10.1.